The van der Waals surface area contributed by atoms with Gasteiger partial charge in [-0.3, -0.25) is 4.57 Å². The minimum absolute atomic E-state index is 0.344. The van der Waals surface area contributed by atoms with E-state index in [2.05, 4.69) is 75.5 Å². The van der Waals surface area contributed by atoms with Gasteiger partial charge in [-0.15, -0.1) is 21.8 Å². The van der Waals surface area contributed by atoms with Gasteiger partial charge in [-0.25, -0.2) is 0 Å². The molecule has 5 rings (SSSR count). The van der Waals surface area contributed by atoms with Gasteiger partial charge in [0.2, 0.25) is 0 Å². The number of nitrogens with zero attached hydrogens (tertiary/aromatic N) is 3. The van der Waals surface area contributed by atoms with Crippen LogP contribution in [0.2, 0.25) is 0 Å². The van der Waals surface area contributed by atoms with Gasteiger partial charge in [0.25, 0.3) is 0 Å². The molecule has 1 N–H and O–H groups in total. The second kappa shape index (κ2) is 6.87. The fourth-order valence-corrected chi connectivity index (χ4v) is 4.68. The molecule has 0 saturated carbocycles. The molecule has 0 amide bonds. The van der Waals surface area contributed by atoms with Crippen LogP contribution in [0.3, 0.4) is 0 Å². The van der Waals surface area contributed by atoms with Crippen LogP contribution in [0.1, 0.15) is 47.3 Å². The van der Waals surface area contributed by atoms with Gasteiger partial charge in [-0.05, 0) is 60.1 Å². The summed E-state index contributed by atoms with van der Waals surface area (Å²) < 4.78 is 2.07. The van der Waals surface area contributed by atoms with Crippen LogP contribution < -0.4 is 5.32 Å². The molecule has 1 aliphatic heterocycles. The number of aromatic nitrogens is 3. The molecule has 0 bridgehead atoms. The van der Waals surface area contributed by atoms with Crippen molar-refractivity contribution in [2.45, 2.75) is 44.1 Å². The summed E-state index contributed by atoms with van der Waals surface area (Å²) in [4.78, 5) is -0.344. The van der Waals surface area contributed by atoms with Crippen molar-refractivity contribution in [3.63, 3.8) is 0 Å². The molecule has 0 radical (unpaired) electrons. The van der Waals surface area contributed by atoms with Gasteiger partial charge in [0, 0.05) is 6.54 Å². The second-order valence-electron chi connectivity index (χ2n) is 7.78. The number of aryl methyl sites for hydroxylation is 1. The lowest BCUT2D eigenvalue weighted by Crippen LogP contribution is -2.22. The summed E-state index contributed by atoms with van der Waals surface area (Å²) in [6.45, 7) is 3.71. The van der Waals surface area contributed by atoms with E-state index < -0.39 is 0 Å². The van der Waals surface area contributed by atoms with E-state index in [9.17, 15) is 0 Å². The van der Waals surface area contributed by atoms with Crippen LogP contribution in [-0.4, -0.2) is 14.8 Å². The molecule has 2 aromatic carbocycles. The molecule has 0 spiro atoms. The molecule has 5 heteroatoms. The lowest BCUT2D eigenvalue weighted by Gasteiger charge is -2.32. The minimum atomic E-state index is -0.344. The normalized spacial score (nSPS) is 21.4. The Morgan fingerprint density at radius 3 is 2.86 bits per heavy atom. The number of allylic oxidation sites excluding steroid dienone is 2. The summed E-state index contributed by atoms with van der Waals surface area (Å²) in [5.74, 6) is 0.940. The fourth-order valence-electron chi connectivity index (χ4n) is 4.39. The SMILES string of the molecule is Cc1ccccc1C1=CCC(Cl)(c2ccc3c(c2)CNCc2nncn2-3)CC1. The summed E-state index contributed by atoms with van der Waals surface area (Å²) in [5, 5.41) is 11.7. The number of alkyl halides is 1. The first-order valence-electron chi connectivity index (χ1n) is 9.81. The molecule has 142 valence electrons. The van der Waals surface area contributed by atoms with Crippen LogP contribution in [0.25, 0.3) is 11.3 Å². The lowest BCUT2D eigenvalue weighted by molar-refractivity contribution is 0.553. The Bertz CT molecular complexity index is 1070. The molecule has 0 saturated heterocycles. The fraction of sp³-hybridized carbons (Fsp3) is 0.304. The van der Waals surface area contributed by atoms with Gasteiger partial charge < -0.3 is 5.32 Å². The van der Waals surface area contributed by atoms with E-state index in [1.807, 2.05) is 0 Å². The molecule has 1 atom stereocenters. The zero-order chi connectivity index (χ0) is 19.1. The maximum Gasteiger partial charge on any atom is 0.151 e. The summed E-state index contributed by atoms with van der Waals surface area (Å²) in [5.41, 5.74) is 7.68. The Kier molecular flexibility index (Phi) is 4.33. The van der Waals surface area contributed by atoms with Crippen LogP contribution in [0.15, 0.2) is 54.9 Å². The van der Waals surface area contributed by atoms with Gasteiger partial charge in [-0.1, -0.05) is 42.5 Å². The molecular formula is C23H23ClN4. The first-order chi connectivity index (χ1) is 13.6. The number of halogens is 1. The van der Waals surface area contributed by atoms with Gasteiger partial charge in [0.1, 0.15) is 6.33 Å². The van der Waals surface area contributed by atoms with E-state index in [1.165, 1.54) is 27.8 Å². The van der Waals surface area contributed by atoms with Gasteiger partial charge in [0.05, 0.1) is 17.1 Å². The lowest BCUT2D eigenvalue weighted by atomic mass is 9.80. The third-order valence-corrected chi connectivity index (χ3v) is 6.59. The molecule has 4 nitrogen and oxygen atoms in total. The Balaban J connectivity index is 1.46. The Hall–Kier alpha value is -2.43. The smallest absolute Gasteiger partial charge is 0.151 e. The highest BCUT2D eigenvalue weighted by Gasteiger charge is 2.33. The average molecular weight is 391 g/mol. The highest BCUT2D eigenvalue weighted by molar-refractivity contribution is 6.24. The van der Waals surface area contributed by atoms with Crippen LogP contribution in [0, 0.1) is 6.92 Å². The number of hydrogen-bond donors (Lipinski definition) is 1. The van der Waals surface area contributed by atoms with Crippen molar-refractivity contribution in [3.8, 4) is 5.69 Å². The molecule has 1 unspecified atom stereocenters. The topological polar surface area (TPSA) is 42.7 Å². The van der Waals surface area contributed by atoms with E-state index in [0.29, 0.717) is 0 Å². The Labute approximate surface area is 170 Å². The number of fused-ring (bicyclic) bond motifs is 3. The molecule has 3 aromatic rings. The van der Waals surface area contributed by atoms with Crippen molar-refractivity contribution in [1.82, 2.24) is 20.1 Å². The maximum atomic E-state index is 7.16. The van der Waals surface area contributed by atoms with Gasteiger partial charge >= 0.3 is 0 Å². The van der Waals surface area contributed by atoms with Crippen LogP contribution in [-0.2, 0) is 18.0 Å². The van der Waals surface area contributed by atoms with Crippen molar-refractivity contribution in [1.29, 1.82) is 0 Å². The van der Waals surface area contributed by atoms with Gasteiger partial charge in [0.15, 0.2) is 5.82 Å². The average Bonchev–Trinajstić information content (AvgIpc) is 3.10. The molecular weight excluding hydrogens is 368 g/mol. The number of nitrogens with one attached hydrogen (secondary N) is 1. The van der Waals surface area contributed by atoms with E-state index >= 15 is 0 Å². The summed E-state index contributed by atoms with van der Waals surface area (Å²) in [6.07, 6.45) is 6.91. The number of rotatable bonds is 2. The second-order valence-corrected chi connectivity index (χ2v) is 8.50. The molecule has 0 fully saturated rings. The van der Waals surface area contributed by atoms with Crippen LogP contribution >= 0.6 is 11.6 Å². The Morgan fingerprint density at radius 1 is 1.14 bits per heavy atom. The van der Waals surface area contributed by atoms with E-state index in [-0.39, 0.29) is 4.87 Å². The monoisotopic (exact) mass is 390 g/mol. The molecule has 1 aromatic heterocycles. The maximum absolute atomic E-state index is 7.16. The third-order valence-electron chi connectivity index (χ3n) is 6.03. The third kappa shape index (κ3) is 2.97. The minimum Gasteiger partial charge on any atom is -0.306 e. The quantitative estimate of drug-likeness (QED) is 0.634. The van der Waals surface area contributed by atoms with Crippen molar-refractivity contribution in [3.05, 3.63) is 82.9 Å². The van der Waals surface area contributed by atoms with E-state index in [1.54, 1.807) is 6.33 Å². The zero-order valence-electron chi connectivity index (χ0n) is 16.0. The standard InChI is InChI=1S/C23H23ClN4/c1-16-4-2-3-5-20(16)17-8-10-23(24,11-9-17)19-6-7-21-18(12-19)13-25-14-22-27-26-15-28(21)22/h2-8,12,15,25H,9-11,13-14H2,1H3. The predicted molar refractivity (Wildman–Crippen MR) is 112 cm³/mol. The first kappa shape index (κ1) is 17.7. The highest BCUT2D eigenvalue weighted by Crippen LogP contribution is 2.45. The van der Waals surface area contributed by atoms with Crippen LogP contribution in [0.4, 0.5) is 0 Å². The summed E-state index contributed by atoms with van der Waals surface area (Å²) >= 11 is 7.16. The number of benzene rings is 2. The summed E-state index contributed by atoms with van der Waals surface area (Å²) in [7, 11) is 0. The van der Waals surface area contributed by atoms with E-state index in [4.69, 9.17) is 11.6 Å². The predicted octanol–water partition coefficient (Wildman–Crippen LogP) is 4.88. The molecule has 1 aliphatic carbocycles. The van der Waals surface area contributed by atoms with E-state index in [0.717, 1.165) is 43.9 Å². The first-order valence-corrected chi connectivity index (χ1v) is 10.2. The van der Waals surface area contributed by atoms with Crippen molar-refractivity contribution in [2.75, 3.05) is 0 Å². The van der Waals surface area contributed by atoms with Gasteiger partial charge in [-0.2, -0.15) is 0 Å². The molecule has 2 heterocycles. The molecule has 28 heavy (non-hydrogen) atoms. The van der Waals surface area contributed by atoms with Crippen molar-refractivity contribution < 1.29 is 0 Å². The molecule has 2 aliphatic rings. The van der Waals surface area contributed by atoms with Crippen LogP contribution in [0.5, 0.6) is 0 Å². The zero-order valence-corrected chi connectivity index (χ0v) is 16.7. The Morgan fingerprint density at radius 2 is 2.04 bits per heavy atom. The van der Waals surface area contributed by atoms with Crippen molar-refractivity contribution in [2.24, 2.45) is 0 Å². The number of hydrogen-bond acceptors (Lipinski definition) is 3. The largest absolute Gasteiger partial charge is 0.306 e. The highest BCUT2D eigenvalue weighted by atomic mass is 35.5. The summed E-state index contributed by atoms with van der Waals surface area (Å²) in [6, 6.07) is 15.2. The van der Waals surface area contributed by atoms with Crippen molar-refractivity contribution >= 4 is 17.2 Å².